The van der Waals surface area contributed by atoms with Crippen LogP contribution in [0, 0.1) is 34.5 Å². The lowest BCUT2D eigenvalue weighted by Crippen LogP contribution is -2.50. The number of hydrogen-bond donors (Lipinski definition) is 0. The average molecular weight is 429 g/mol. The molecule has 0 N–H and O–H groups in total. The molecule has 0 aromatic rings. The van der Waals surface area contributed by atoms with Crippen LogP contribution in [-0.4, -0.2) is 12.1 Å². The predicted molar refractivity (Wildman–Crippen MR) is 129 cm³/mol. The number of esters is 1. The van der Waals surface area contributed by atoms with Gasteiger partial charge in [0.05, 0.1) is 0 Å². The zero-order valence-electron chi connectivity index (χ0n) is 20.9. The van der Waals surface area contributed by atoms with E-state index in [0.717, 1.165) is 36.5 Å². The minimum absolute atomic E-state index is 0.112. The van der Waals surface area contributed by atoms with Gasteiger partial charge in [0.2, 0.25) is 0 Å². The SMILES string of the molecule is CCCCCCCC[C@H]1CCC2C3CC=C4CC(OC(C)=O)CC[C@]4(C)C3CC[C@@]21C. The Morgan fingerprint density at radius 2 is 1.77 bits per heavy atom. The van der Waals surface area contributed by atoms with E-state index in [2.05, 4.69) is 26.8 Å². The van der Waals surface area contributed by atoms with Crippen LogP contribution in [0.3, 0.4) is 0 Å². The molecule has 2 nitrogen and oxygen atoms in total. The first kappa shape index (κ1) is 23.4. The van der Waals surface area contributed by atoms with Crippen molar-refractivity contribution in [3.8, 4) is 0 Å². The number of unbranched alkanes of at least 4 members (excludes halogenated alkanes) is 5. The van der Waals surface area contributed by atoms with E-state index in [4.69, 9.17) is 4.74 Å². The van der Waals surface area contributed by atoms with Crippen molar-refractivity contribution < 1.29 is 9.53 Å². The monoisotopic (exact) mass is 428 g/mol. The van der Waals surface area contributed by atoms with Crippen molar-refractivity contribution in [2.75, 3.05) is 0 Å². The van der Waals surface area contributed by atoms with Crippen LogP contribution in [0.5, 0.6) is 0 Å². The Morgan fingerprint density at radius 3 is 2.55 bits per heavy atom. The van der Waals surface area contributed by atoms with Crippen LogP contribution in [0.2, 0.25) is 0 Å². The predicted octanol–water partition coefficient (Wildman–Crippen LogP) is 8.25. The second kappa shape index (κ2) is 9.60. The molecule has 0 radical (unpaired) electrons. The summed E-state index contributed by atoms with van der Waals surface area (Å²) in [6, 6.07) is 0. The van der Waals surface area contributed by atoms with Gasteiger partial charge in [0, 0.05) is 13.3 Å². The molecule has 4 unspecified atom stereocenters. The Balaban J connectivity index is 1.39. The van der Waals surface area contributed by atoms with Gasteiger partial charge in [0.15, 0.2) is 0 Å². The van der Waals surface area contributed by atoms with Gasteiger partial charge in [0.25, 0.3) is 0 Å². The molecule has 0 heterocycles. The van der Waals surface area contributed by atoms with E-state index < -0.39 is 0 Å². The highest BCUT2D eigenvalue weighted by molar-refractivity contribution is 5.66. The number of carbonyl (C=O) groups is 1. The van der Waals surface area contributed by atoms with Crippen LogP contribution in [0.4, 0.5) is 0 Å². The third-order valence-corrected chi connectivity index (χ3v) is 10.5. The van der Waals surface area contributed by atoms with Crippen molar-refractivity contribution in [3.63, 3.8) is 0 Å². The van der Waals surface area contributed by atoms with E-state index in [9.17, 15) is 4.79 Å². The van der Waals surface area contributed by atoms with Gasteiger partial charge in [0.1, 0.15) is 6.10 Å². The maximum atomic E-state index is 11.5. The Kier molecular flexibility index (Phi) is 7.24. The number of rotatable bonds is 8. The van der Waals surface area contributed by atoms with Gasteiger partial charge < -0.3 is 4.74 Å². The molecule has 4 aliphatic rings. The molecular weight excluding hydrogens is 380 g/mol. The van der Waals surface area contributed by atoms with Gasteiger partial charge >= 0.3 is 5.97 Å². The highest BCUT2D eigenvalue weighted by Crippen LogP contribution is 2.66. The first-order valence-corrected chi connectivity index (χ1v) is 13.7. The van der Waals surface area contributed by atoms with Gasteiger partial charge in [-0.25, -0.2) is 0 Å². The second-order valence-corrected chi connectivity index (χ2v) is 12.1. The molecule has 176 valence electrons. The van der Waals surface area contributed by atoms with Crippen molar-refractivity contribution in [1.82, 2.24) is 0 Å². The summed E-state index contributed by atoms with van der Waals surface area (Å²) < 4.78 is 5.61. The molecule has 0 spiro atoms. The smallest absolute Gasteiger partial charge is 0.302 e. The third-order valence-electron chi connectivity index (χ3n) is 10.5. The molecule has 0 aromatic carbocycles. The molecular formula is C29H48O2. The molecule has 7 atom stereocenters. The molecule has 0 bridgehead atoms. The molecule has 3 fully saturated rings. The highest BCUT2D eigenvalue weighted by atomic mass is 16.5. The molecule has 0 saturated heterocycles. The zero-order chi connectivity index (χ0) is 22.1. The fourth-order valence-electron chi connectivity index (χ4n) is 8.72. The molecule has 0 amide bonds. The van der Waals surface area contributed by atoms with Crippen LogP contribution in [0.1, 0.15) is 124 Å². The van der Waals surface area contributed by atoms with E-state index in [1.807, 2.05) is 0 Å². The first-order valence-electron chi connectivity index (χ1n) is 13.7. The summed E-state index contributed by atoms with van der Waals surface area (Å²) in [6.07, 6.45) is 23.2. The summed E-state index contributed by atoms with van der Waals surface area (Å²) in [4.78, 5) is 11.5. The van der Waals surface area contributed by atoms with E-state index in [-0.39, 0.29) is 12.1 Å². The van der Waals surface area contributed by atoms with Crippen molar-refractivity contribution in [1.29, 1.82) is 0 Å². The van der Waals surface area contributed by atoms with Crippen LogP contribution < -0.4 is 0 Å². The largest absolute Gasteiger partial charge is 0.462 e. The minimum atomic E-state index is -0.112. The summed E-state index contributed by atoms with van der Waals surface area (Å²) in [7, 11) is 0. The van der Waals surface area contributed by atoms with Gasteiger partial charge in [-0.1, -0.05) is 70.9 Å². The molecule has 0 aliphatic heterocycles. The molecule has 2 heteroatoms. The summed E-state index contributed by atoms with van der Waals surface area (Å²) in [6.45, 7) is 9.11. The minimum Gasteiger partial charge on any atom is -0.462 e. The van der Waals surface area contributed by atoms with Gasteiger partial charge in [-0.15, -0.1) is 0 Å². The topological polar surface area (TPSA) is 26.3 Å². The Morgan fingerprint density at radius 1 is 1.00 bits per heavy atom. The number of carbonyl (C=O) groups excluding carboxylic acids is 1. The fraction of sp³-hybridized carbons (Fsp3) is 0.897. The van der Waals surface area contributed by atoms with Gasteiger partial charge in [-0.2, -0.15) is 0 Å². The lowest BCUT2D eigenvalue weighted by atomic mass is 9.47. The Hall–Kier alpha value is -0.790. The number of fused-ring (bicyclic) bond motifs is 5. The van der Waals surface area contributed by atoms with E-state index in [1.54, 1.807) is 12.5 Å². The second-order valence-electron chi connectivity index (χ2n) is 12.1. The maximum absolute atomic E-state index is 11.5. The van der Waals surface area contributed by atoms with E-state index in [1.165, 1.54) is 83.5 Å². The standard InChI is InChI=1S/C29H48O2/c1-5-6-7-8-9-10-11-22-13-15-26-25-14-12-23-20-24(31-21(2)30)16-18-29(23,4)27(25)17-19-28(22,26)3/h12,22,24-27H,5-11,13-20H2,1-4H3/t22-,24?,25?,26?,27?,28+,29-/m0/s1. The van der Waals surface area contributed by atoms with E-state index in [0.29, 0.717) is 10.8 Å². The number of allylic oxidation sites excluding steroid dienone is 1. The quantitative estimate of drug-likeness (QED) is 0.221. The van der Waals surface area contributed by atoms with Gasteiger partial charge in [-0.3, -0.25) is 4.79 Å². The summed E-state index contributed by atoms with van der Waals surface area (Å²) in [5.74, 6) is 3.56. The molecule has 4 rings (SSSR count). The van der Waals surface area contributed by atoms with Gasteiger partial charge in [-0.05, 0) is 85.9 Å². The third kappa shape index (κ3) is 4.51. The Bertz CT molecular complexity index is 666. The first-order chi connectivity index (χ1) is 14.9. The normalized spacial score (nSPS) is 41.7. The van der Waals surface area contributed by atoms with Crippen LogP contribution in [0.25, 0.3) is 0 Å². The highest BCUT2D eigenvalue weighted by Gasteiger charge is 2.58. The summed E-state index contributed by atoms with van der Waals surface area (Å²) in [5, 5.41) is 0. The molecule has 0 aromatic heterocycles. The van der Waals surface area contributed by atoms with E-state index >= 15 is 0 Å². The maximum Gasteiger partial charge on any atom is 0.302 e. The lowest BCUT2D eigenvalue weighted by molar-refractivity contribution is -0.148. The zero-order valence-corrected chi connectivity index (χ0v) is 20.9. The van der Waals surface area contributed by atoms with Crippen molar-refractivity contribution in [2.45, 2.75) is 130 Å². The van der Waals surface area contributed by atoms with Crippen LogP contribution >= 0.6 is 0 Å². The van der Waals surface area contributed by atoms with Crippen molar-refractivity contribution in [3.05, 3.63) is 11.6 Å². The molecule has 31 heavy (non-hydrogen) atoms. The summed E-state index contributed by atoms with van der Waals surface area (Å²) in [5.41, 5.74) is 2.58. The molecule has 4 aliphatic carbocycles. The lowest BCUT2D eigenvalue weighted by Gasteiger charge is -2.58. The fourth-order valence-corrected chi connectivity index (χ4v) is 8.72. The number of hydrogen-bond acceptors (Lipinski definition) is 2. The number of ether oxygens (including phenoxy) is 1. The average Bonchev–Trinajstić information content (AvgIpc) is 3.07. The van der Waals surface area contributed by atoms with Crippen LogP contribution in [0.15, 0.2) is 11.6 Å². The van der Waals surface area contributed by atoms with Crippen molar-refractivity contribution >= 4 is 5.97 Å². The van der Waals surface area contributed by atoms with Crippen LogP contribution in [-0.2, 0) is 9.53 Å². The van der Waals surface area contributed by atoms with Crippen molar-refractivity contribution in [2.24, 2.45) is 34.5 Å². The summed E-state index contributed by atoms with van der Waals surface area (Å²) >= 11 is 0. The Labute approximate surface area is 192 Å². The molecule has 3 saturated carbocycles.